The highest BCUT2D eigenvalue weighted by atomic mass is 19.1. The summed E-state index contributed by atoms with van der Waals surface area (Å²) in [5.41, 5.74) is 1.82. The standard InChI is InChI=1S/C18H16FN5O/c19-16-4-2-1-3-14(16)10-22-18-23-11-15(12-24-18)17(25)21-9-13-5-7-20-8-6-13/h1-8,11-12H,9-10H2,(H,21,25)(H,22,23,24). The quantitative estimate of drug-likeness (QED) is 0.723. The molecular formula is C18H16FN5O. The lowest BCUT2D eigenvalue weighted by atomic mass is 10.2. The van der Waals surface area contributed by atoms with Crippen LogP contribution < -0.4 is 10.6 Å². The van der Waals surface area contributed by atoms with E-state index in [0.29, 0.717) is 23.6 Å². The Hall–Kier alpha value is -3.35. The van der Waals surface area contributed by atoms with E-state index in [4.69, 9.17) is 0 Å². The summed E-state index contributed by atoms with van der Waals surface area (Å²) in [6.45, 7) is 0.662. The summed E-state index contributed by atoms with van der Waals surface area (Å²) in [6, 6.07) is 10.1. The number of aromatic nitrogens is 3. The average Bonchev–Trinajstić information content (AvgIpc) is 2.67. The van der Waals surface area contributed by atoms with Gasteiger partial charge >= 0.3 is 0 Å². The summed E-state index contributed by atoms with van der Waals surface area (Å²) in [5, 5.41) is 5.71. The van der Waals surface area contributed by atoms with Crippen molar-refractivity contribution in [1.82, 2.24) is 20.3 Å². The van der Waals surface area contributed by atoms with E-state index in [9.17, 15) is 9.18 Å². The fourth-order valence-corrected chi connectivity index (χ4v) is 2.14. The highest BCUT2D eigenvalue weighted by molar-refractivity contribution is 5.93. The summed E-state index contributed by atoms with van der Waals surface area (Å²) in [4.78, 5) is 24.2. The third-order valence-electron chi connectivity index (χ3n) is 3.51. The maximum Gasteiger partial charge on any atom is 0.254 e. The van der Waals surface area contributed by atoms with Crippen LogP contribution in [0.4, 0.5) is 10.3 Å². The Kier molecular flexibility index (Phi) is 5.26. The molecule has 0 aliphatic rings. The van der Waals surface area contributed by atoms with Gasteiger partial charge < -0.3 is 10.6 Å². The Bertz CT molecular complexity index is 840. The van der Waals surface area contributed by atoms with Gasteiger partial charge in [-0.1, -0.05) is 18.2 Å². The van der Waals surface area contributed by atoms with E-state index in [0.717, 1.165) is 5.56 Å². The van der Waals surface area contributed by atoms with Gasteiger partial charge in [-0.05, 0) is 23.8 Å². The summed E-state index contributed by atoms with van der Waals surface area (Å²) in [6.07, 6.45) is 6.19. The van der Waals surface area contributed by atoms with Crippen LogP contribution in [0.5, 0.6) is 0 Å². The molecule has 0 bridgehead atoms. The van der Waals surface area contributed by atoms with Gasteiger partial charge in [0.1, 0.15) is 5.82 Å². The number of halogens is 1. The number of pyridine rings is 1. The molecule has 7 heteroatoms. The molecule has 2 N–H and O–H groups in total. The van der Waals surface area contributed by atoms with Gasteiger partial charge in [0.2, 0.25) is 5.95 Å². The maximum absolute atomic E-state index is 13.5. The molecule has 2 aromatic heterocycles. The molecule has 0 radical (unpaired) electrons. The number of hydrogen-bond donors (Lipinski definition) is 2. The lowest BCUT2D eigenvalue weighted by molar-refractivity contribution is 0.0950. The Morgan fingerprint density at radius 2 is 1.72 bits per heavy atom. The second-order valence-corrected chi connectivity index (χ2v) is 5.28. The van der Waals surface area contributed by atoms with Crippen molar-refractivity contribution >= 4 is 11.9 Å². The van der Waals surface area contributed by atoms with Crippen molar-refractivity contribution in [2.45, 2.75) is 13.1 Å². The molecule has 0 saturated carbocycles. The number of nitrogens with one attached hydrogen (secondary N) is 2. The Morgan fingerprint density at radius 3 is 2.44 bits per heavy atom. The van der Waals surface area contributed by atoms with Crippen LogP contribution >= 0.6 is 0 Å². The van der Waals surface area contributed by atoms with Crippen molar-refractivity contribution in [2.24, 2.45) is 0 Å². The predicted octanol–water partition coefficient (Wildman–Crippen LogP) is 2.55. The van der Waals surface area contributed by atoms with Gasteiger partial charge in [-0.2, -0.15) is 0 Å². The van der Waals surface area contributed by atoms with Crippen LogP contribution in [0.15, 0.2) is 61.2 Å². The van der Waals surface area contributed by atoms with E-state index in [-0.39, 0.29) is 18.3 Å². The largest absolute Gasteiger partial charge is 0.350 e. The van der Waals surface area contributed by atoms with Crippen molar-refractivity contribution in [2.75, 3.05) is 5.32 Å². The smallest absolute Gasteiger partial charge is 0.254 e. The molecule has 2 heterocycles. The number of rotatable bonds is 6. The van der Waals surface area contributed by atoms with Gasteiger partial charge in [-0.3, -0.25) is 9.78 Å². The SMILES string of the molecule is O=C(NCc1ccncc1)c1cnc(NCc2ccccc2F)nc1. The summed E-state index contributed by atoms with van der Waals surface area (Å²) < 4.78 is 13.5. The molecule has 0 saturated heterocycles. The number of benzene rings is 1. The minimum Gasteiger partial charge on any atom is -0.350 e. The van der Waals surface area contributed by atoms with Crippen LogP contribution in [0, 0.1) is 5.82 Å². The lowest BCUT2D eigenvalue weighted by Crippen LogP contribution is -2.23. The molecule has 0 aliphatic carbocycles. The minimum absolute atomic E-state index is 0.264. The average molecular weight is 337 g/mol. The normalized spacial score (nSPS) is 10.3. The molecule has 0 atom stereocenters. The molecule has 0 aliphatic heterocycles. The first-order valence-corrected chi connectivity index (χ1v) is 7.69. The zero-order valence-corrected chi connectivity index (χ0v) is 13.3. The number of carbonyl (C=O) groups is 1. The monoisotopic (exact) mass is 337 g/mol. The summed E-state index contributed by atoms with van der Waals surface area (Å²) in [7, 11) is 0. The van der Waals surface area contributed by atoms with Crippen LogP contribution in [0.25, 0.3) is 0 Å². The van der Waals surface area contributed by atoms with E-state index in [1.807, 2.05) is 12.1 Å². The van der Waals surface area contributed by atoms with Gasteiger partial charge in [0.25, 0.3) is 5.91 Å². The number of carbonyl (C=O) groups excluding carboxylic acids is 1. The second-order valence-electron chi connectivity index (χ2n) is 5.28. The number of amides is 1. The van der Waals surface area contributed by atoms with Gasteiger partial charge in [0.05, 0.1) is 5.56 Å². The molecule has 25 heavy (non-hydrogen) atoms. The summed E-state index contributed by atoms with van der Waals surface area (Å²) >= 11 is 0. The van der Waals surface area contributed by atoms with Gasteiger partial charge in [-0.25, -0.2) is 14.4 Å². The first kappa shape index (κ1) is 16.5. The third-order valence-corrected chi connectivity index (χ3v) is 3.51. The number of anilines is 1. The molecule has 0 unspecified atom stereocenters. The third kappa shape index (κ3) is 4.57. The van der Waals surface area contributed by atoms with Crippen molar-refractivity contribution in [3.05, 3.63) is 83.7 Å². The van der Waals surface area contributed by atoms with Crippen LogP contribution in [-0.4, -0.2) is 20.9 Å². The van der Waals surface area contributed by atoms with Gasteiger partial charge in [0.15, 0.2) is 0 Å². The molecule has 0 spiro atoms. The van der Waals surface area contributed by atoms with Crippen LogP contribution in [0.2, 0.25) is 0 Å². The first-order chi connectivity index (χ1) is 12.2. The van der Waals surface area contributed by atoms with E-state index in [1.165, 1.54) is 18.5 Å². The van der Waals surface area contributed by atoms with E-state index < -0.39 is 0 Å². The fraction of sp³-hybridized carbons (Fsp3) is 0.111. The molecule has 1 aromatic carbocycles. The van der Waals surface area contributed by atoms with Crippen molar-refractivity contribution in [3.63, 3.8) is 0 Å². The highest BCUT2D eigenvalue weighted by Gasteiger charge is 2.07. The van der Waals surface area contributed by atoms with Gasteiger partial charge in [0, 0.05) is 43.4 Å². The molecular weight excluding hydrogens is 321 g/mol. The lowest BCUT2D eigenvalue weighted by Gasteiger charge is -2.07. The molecule has 1 amide bonds. The van der Waals surface area contributed by atoms with Crippen LogP contribution in [0.1, 0.15) is 21.5 Å². The molecule has 6 nitrogen and oxygen atoms in total. The van der Waals surface area contributed by atoms with Crippen LogP contribution in [-0.2, 0) is 13.1 Å². The van der Waals surface area contributed by atoms with Crippen molar-refractivity contribution in [1.29, 1.82) is 0 Å². The van der Waals surface area contributed by atoms with E-state index in [1.54, 1.807) is 30.6 Å². The molecule has 3 rings (SSSR count). The Labute approximate surface area is 144 Å². The van der Waals surface area contributed by atoms with Gasteiger partial charge in [-0.15, -0.1) is 0 Å². The number of hydrogen-bond acceptors (Lipinski definition) is 5. The summed E-state index contributed by atoms with van der Waals surface area (Å²) in [5.74, 6) is -0.228. The maximum atomic E-state index is 13.5. The Morgan fingerprint density at radius 1 is 1.00 bits per heavy atom. The topological polar surface area (TPSA) is 79.8 Å². The highest BCUT2D eigenvalue weighted by Crippen LogP contribution is 2.09. The van der Waals surface area contributed by atoms with E-state index in [2.05, 4.69) is 25.6 Å². The molecule has 126 valence electrons. The first-order valence-electron chi connectivity index (χ1n) is 7.69. The van der Waals surface area contributed by atoms with Crippen molar-refractivity contribution in [3.8, 4) is 0 Å². The minimum atomic E-state index is -0.290. The zero-order chi connectivity index (χ0) is 17.5. The number of nitrogens with zero attached hydrogens (tertiary/aromatic N) is 3. The fourth-order valence-electron chi connectivity index (χ4n) is 2.14. The second kappa shape index (κ2) is 7.96. The van der Waals surface area contributed by atoms with E-state index >= 15 is 0 Å². The zero-order valence-electron chi connectivity index (χ0n) is 13.3. The predicted molar refractivity (Wildman–Crippen MR) is 91.2 cm³/mol. The molecule has 0 fully saturated rings. The molecule has 3 aromatic rings. The van der Waals surface area contributed by atoms with Crippen molar-refractivity contribution < 1.29 is 9.18 Å². The van der Waals surface area contributed by atoms with Crippen LogP contribution in [0.3, 0.4) is 0 Å². The Balaban J connectivity index is 1.54.